The highest BCUT2D eigenvalue weighted by atomic mass is 16.7. The molecule has 3 aliphatic rings. The van der Waals surface area contributed by atoms with Gasteiger partial charge in [0.05, 0.1) is 19.1 Å². The molecule has 15 nitrogen and oxygen atoms in total. The minimum Gasteiger partial charge on any atom is -0.508 e. The van der Waals surface area contributed by atoms with Crippen molar-refractivity contribution in [3.05, 3.63) is 113 Å². The number of hydrogen-bond donors (Lipinski definition) is 10. The number of fused-ring (bicyclic) bond motifs is 1. The fraction of sp³-hybridized carbons (Fsp3) is 0.350. The van der Waals surface area contributed by atoms with Gasteiger partial charge in [0.25, 0.3) is 0 Å². The summed E-state index contributed by atoms with van der Waals surface area (Å²) in [5, 5.41) is 101. The first-order chi connectivity index (χ1) is 26.4. The van der Waals surface area contributed by atoms with Gasteiger partial charge in [-0.2, -0.15) is 0 Å². The van der Waals surface area contributed by atoms with Gasteiger partial charge in [0.2, 0.25) is 12.6 Å². The van der Waals surface area contributed by atoms with E-state index in [0.29, 0.717) is 22.6 Å². The SMILES string of the molecule is OC[C@H]1O[C@@H](Oc2ccc(/C=C/c3ccc4c(c3)O[C@H](c3ccc(O[C@@H]5O[C@H](CO)[C@@H](O)[C@H](O)[C@H]5O)cc3)[C@H]4c3cc(O)cc(O)c3)cc2)[C@H](O)[C@@H](O)[C@@H]1O. The van der Waals surface area contributed by atoms with E-state index in [4.69, 9.17) is 23.7 Å². The van der Waals surface area contributed by atoms with Crippen molar-refractivity contribution >= 4 is 12.2 Å². The highest BCUT2D eigenvalue weighted by Crippen LogP contribution is 2.51. The fourth-order valence-electron chi connectivity index (χ4n) is 6.98. The van der Waals surface area contributed by atoms with E-state index in [9.17, 15) is 51.1 Å². The van der Waals surface area contributed by atoms with Crippen LogP contribution in [-0.4, -0.2) is 126 Å². The Morgan fingerprint density at radius 2 is 1.02 bits per heavy atom. The van der Waals surface area contributed by atoms with Gasteiger partial charge in [-0.1, -0.05) is 48.6 Å². The van der Waals surface area contributed by atoms with E-state index in [-0.39, 0.29) is 17.2 Å². The Kier molecular flexibility index (Phi) is 11.3. The highest BCUT2D eigenvalue weighted by molar-refractivity contribution is 5.71. The third-order valence-electron chi connectivity index (χ3n) is 9.97. The van der Waals surface area contributed by atoms with Crippen LogP contribution in [0.15, 0.2) is 84.9 Å². The molecule has 0 bridgehead atoms. The number of ether oxygens (including phenoxy) is 5. The van der Waals surface area contributed by atoms with Crippen LogP contribution in [0.2, 0.25) is 0 Å². The molecule has 10 N–H and O–H groups in total. The molecule has 3 heterocycles. The molecule has 0 saturated carbocycles. The maximum Gasteiger partial charge on any atom is 0.229 e. The lowest BCUT2D eigenvalue weighted by atomic mass is 9.84. The predicted molar refractivity (Wildman–Crippen MR) is 192 cm³/mol. The number of hydrogen-bond acceptors (Lipinski definition) is 15. The smallest absolute Gasteiger partial charge is 0.229 e. The first-order valence-corrected chi connectivity index (χ1v) is 17.6. The van der Waals surface area contributed by atoms with Gasteiger partial charge in [0.1, 0.15) is 83.7 Å². The molecular weight excluding hydrogens is 720 g/mol. The molecular formula is C40H42O15. The van der Waals surface area contributed by atoms with E-state index in [0.717, 1.165) is 16.7 Å². The fourth-order valence-corrected chi connectivity index (χ4v) is 6.98. The van der Waals surface area contributed by atoms with E-state index >= 15 is 0 Å². The van der Waals surface area contributed by atoms with E-state index < -0.39 is 86.6 Å². The van der Waals surface area contributed by atoms with Gasteiger partial charge in [-0.05, 0) is 64.7 Å². The maximum absolute atomic E-state index is 10.4. The van der Waals surface area contributed by atoms with Gasteiger partial charge in [-0.3, -0.25) is 0 Å². The Morgan fingerprint density at radius 1 is 0.527 bits per heavy atom. The summed E-state index contributed by atoms with van der Waals surface area (Å²) in [6.07, 6.45) is -11.0. The van der Waals surface area contributed by atoms with E-state index in [1.54, 1.807) is 60.7 Å². The topological polar surface area (TPSA) is 248 Å². The molecule has 0 spiro atoms. The van der Waals surface area contributed by atoms with Gasteiger partial charge in [-0.25, -0.2) is 0 Å². The average Bonchev–Trinajstić information content (AvgIpc) is 3.57. The molecule has 7 rings (SSSR count). The third kappa shape index (κ3) is 7.99. The summed E-state index contributed by atoms with van der Waals surface area (Å²) in [6, 6.07) is 23.6. The van der Waals surface area contributed by atoms with E-state index in [1.807, 2.05) is 30.4 Å². The van der Waals surface area contributed by atoms with Crippen LogP contribution in [0.25, 0.3) is 12.2 Å². The van der Waals surface area contributed by atoms with Gasteiger partial charge < -0.3 is 74.7 Å². The molecule has 0 radical (unpaired) electrons. The second-order valence-corrected chi connectivity index (χ2v) is 13.7. The molecule has 4 aromatic carbocycles. The van der Waals surface area contributed by atoms with Crippen LogP contribution in [0.1, 0.15) is 39.8 Å². The molecule has 4 aromatic rings. The van der Waals surface area contributed by atoms with E-state index in [2.05, 4.69) is 0 Å². The standard InChI is InChI=1S/C40H42O15/c41-17-29-32(45)34(47)36(49)39(54-29)51-25-8-3-19(4-9-25)1-2-20-5-12-27-28(13-20)53-38(31(27)22-14-23(43)16-24(44)15-22)21-6-10-26(11-7-21)52-40-37(50)35(48)33(46)30(18-42)55-40/h1-16,29-50H,17-18H2/b2-1+/t29-,30-,31+,32-,33-,34+,35+,36-,37-,38-,39-,40-/m1/s1. The van der Waals surface area contributed by atoms with Crippen molar-refractivity contribution in [1.29, 1.82) is 0 Å². The van der Waals surface area contributed by atoms with Crippen molar-refractivity contribution < 1.29 is 74.7 Å². The summed E-state index contributed by atoms with van der Waals surface area (Å²) in [6.45, 7) is -1.16. The minimum absolute atomic E-state index is 0.116. The second kappa shape index (κ2) is 16.1. The molecule has 0 aromatic heterocycles. The molecule has 292 valence electrons. The van der Waals surface area contributed by atoms with Gasteiger partial charge in [0.15, 0.2) is 0 Å². The minimum atomic E-state index is -1.59. The molecule has 2 saturated heterocycles. The lowest BCUT2D eigenvalue weighted by Gasteiger charge is -2.39. The third-order valence-corrected chi connectivity index (χ3v) is 9.97. The summed E-state index contributed by atoms with van der Waals surface area (Å²) in [4.78, 5) is 0. The summed E-state index contributed by atoms with van der Waals surface area (Å²) in [5.74, 6) is 0.501. The maximum atomic E-state index is 10.4. The van der Waals surface area contributed by atoms with Crippen molar-refractivity contribution in [3.63, 3.8) is 0 Å². The summed E-state index contributed by atoms with van der Waals surface area (Å²) < 4.78 is 28.9. The lowest BCUT2D eigenvalue weighted by molar-refractivity contribution is -0.277. The van der Waals surface area contributed by atoms with Crippen LogP contribution >= 0.6 is 0 Å². The number of rotatable bonds is 10. The van der Waals surface area contributed by atoms with Crippen LogP contribution in [-0.2, 0) is 9.47 Å². The second-order valence-electron chi connectivity index (χ2n) is 13.7. The van der Waals surface area contributed by atoms with Crippen LogP contribution in [0.4, 0.5) is 0 Å². The summed E-state index contributed by atoms with van der Waals surface area (Å²) in [5.41, 5.74) is 3.75. The predicted octanol–water partition coefficient (Wildman–Crippen LogP) is 0.891. The molecule has 0 unspecified atom stereocenters. The Morgan fingerprint density at radius 3 is 1.55 bits per heavy atom. The van der Waals surface area contributed by atoms with Crippen molar-refractivity contribution in [3.8, 4) is 28.7 Å². The van der Waals surface area contributed by atoms with Gasteiger partial charge in [0, 0.05) is 11.6 Å². The number of benzene rings is 4. The van der Waals surface area contributed by atoms with Gasteiger partial charge >= 0.3 is 0 Å². The first kappa shape index (κ1) is 38.5. The number of phenolic OH excluding ortho intramolecular Hbond substituents is 2. The van der Waals surface area contributed by atoms with Crippen LogP contribution in [0, 0.1) is 0 Å². The number of phenols is 2. The summed E-state index contributed by atoms with van der Waals surface area (Å²) in [7, 11) is 0. The zero-order chi connectivity index (χ0) is 39.0. The Balaban J connectivity index is 1.08. The van der Waals surface area contributed by atoms with Crippen LogP contribution < -0.4 is 14.2 Å². The van der Waals surface area contributed by atoms with Crippen LogP contribution in [0.3, 0.4) is 0 Å². The number of aliphatic hydroxyl groups is 8. The monoisotopic (exact) mass is 762 g/mol. The number of aliphatic hydroxyl groups excluding tert-OH is 8. The van der Waals surface area contributed by atoms with Crippen molar-refractivity contribution in [1.82, 2.24) is 0 Å². The molecule has 3 aliphatic heterocycles. The van der Waals surface area contributed by atoms with Crippen molar-refractivity contribution in [2.24, 2.45) is 0 Å². The quantitative estimate of drug-likeness (QED) is 0.101. The van der Waals surface area contributed by atoms with Gasteiger partial charge in [-0.15, -0.1) is 0 Å². The largest absolute Gasteiger partial charge is 0.508 e. The molecule has 15 heteroatoms. The normalized spacial score (nSPS) is 31.9. The zero-order valence-corrected chi connectivity index (χ0v) is 29.1. The zero-order valence-electron chi connectivity index (χ0n) is 29.1. The molecule has 2 fully saturated rings. The summed E-state index contributed by atoms with van der Waals surface area (Å²) >= 11 is 0. The molecule has 0 amide bonds. The van der Waals surface area contributed by atoms with E-state index in [1.165, 1.54) is 6.07 Å². The molecule has 0 aliphatic carbocycles. The Labute approximate surface area is 314 Å². The lowest BCUT2D eigenvalue weighted by Crippen LogP contribution is -2.60. The van der Waals surface area contributed by atoms with Crippen LogP contribution in [0.5, 0.6) is 28.7 Å². The number of aromatic hydroxyl groups is 2. The Bertz CT molecular complexity index is 1930. The Hall–Kier alpha value is -4.78. The first-order valence-electron chi connectivity index (χ1n) is 17.6. The van der Waals surface area contributed by atoms with Crippen molar-refractivity contribution in [2.75, 3.05) is 13.2 Å². The molecule has 55 heavy (non-hydrogen) atoms. The average molecular weight is 763 g/mol. The highest BCUT2D eigenvalue weighted by Gasteiger charge is 2.46. The van der Waals surface area contributed by atoms with Crippen molar-refractivity contribution in [2.45, 2.75) is 73.4 Å². The molecule has 12 atom stereocenters.